The first-order valence-corrected chi connectivity index (χ1v) is 8.31. The van der Waals surface area contributed by atoms with E-state index in [1.165, 1.54) is 0 Å². The maximum absolute atomic E-state index is 13.4. The molecule has 2 N–H and O–H groups in total. The molecule has 3 unspecified atom stereocenters. The van der Waals surface area contributed by atoms with E-state index in [0.29, 0.717) is 18.4 Å². The molecule has 0 spiro atoms. The van der Waals surface area contributed by atoms with E-state index in [4.69, 9.17) is 14.2 Å². The number of alkyl carbamates (subject to hydrolysis) is 1. The van der Waals surface area contributed by atoms with Gasteiger partial charge in [0, 0.05) is 6.61 Å². The Hall–Kier alpha value is -2.33. The van der Waals surface area contributed by atoms with Gasteiger partial charge >= 0.3 is 18.2 Å². The topological polar surface area (TPSA) is 94.1 Å². The average Bonchev–Trinajstić information content (AvgIpc) is 2.63. The lowest BCUT2D eigenvalue weighted by Crippen LogP contribution is -2.56. The predicted octanol–water partition coefficient (Wildman–Crippen LogP) is 2.84. The number of hydrogen-bond acceptors (Lipinski definition) is 5. The molecule has 0 radical (unpaired) electrons. The molecule has 1 aliphatic heterocycles. The summed E-state index contributed by atoms with van der Waals surface area (Å²) in [4.78, 5) is 23.2. The molecular weight excluding hydrogens is 371 g/mol. The standard InChI is InChI=1S/C17H20F3NO6/c18-17(19,20)14(27-12-8-4-5-9-25-12)13(15(22)23)21-16(24)26-10-11-6-2-1-3-7-11/h1-3,6-7,12-14H,4-5,8-10H2,(H,21,24)(H,22,23). The molecule has 10 heteroatoms. The largest absolute Gasteiger partial charge is 0.480 e. The van der Waals surface area contributed by atoms with Crippen molar-refractivity contribution >= 4 is 12.1 Å². The van der Waals surface area contributed by atoms with Crippen molar-refractivity contribution in [1.29, 1.82) is 0 Å². The number of rotatable bonds is 7. The molecule has 1 saturated heterocycles. The molecule has 1 aliphatic rings. The zero-order valence-corrected chi connectivity index (χ0v) is 14.3. The predicted molar refractivity (Wildman–Crippen MR) is 85.7 cm³/mol. The number of halogens is 3. The van der Waals surface area contributed by atoms with E-state index >= 15 is 0 Å². The summed E-state index contributed by atoms with van der Waals surface area (Å²) in [5, 5.41) is 10.9. The molecule has 1 fully saturated rings. The molecule has 1 aromatic rings. The Labute approximate surface area is 153 Å². The van der Waals surface area contributed by atoms with Crippen LogP contribution in [0.3, 0.4) is 0 Å². The van der Waals surface area contributed by atoms with Gasteiger partial charge in [-0.05, 0) is 24.8 Å². The molecule has 0 aromatic heterocycles. The lowest BCUT2D eigenvalue weighted by Gasteiger charge is -2.32. The second kappa shape index (κ2) is 9.56. The fourth-order valence-corrected chi connectivity index (χ4v) is 2.49. The third-order valence-electron chi connectivity index (χ3n) is 3.81. The second-order valence-corrected chi connectivity index (χ2v) is 5.92. The van der Waals surface area contributed by atoms with Gasteiger partial charge in [-0.15, -0.1) is 0 Å². The summed E-state index contributed by atoms with van der Waals surface area (Å²) in [5.74, 6) is -1.90. The number of nitrogens with one attached hydrogen (secondary N) is 1. The molecule has 0 aliphatic carbocycles. The summed E-state index contributed by atoms with van der Waals surface area (Å²) in [5.41, 5.74) is 0.596. The molecule has 7 nitrogen and oxygen atoms in total. The van der Waals surface area contributed by atoms with Gasteiger partial charge in [0.15, 0.2) is 18.4 Å². The number of amides is 1. The van der Waals surface area contributed by atoms with Gasteiger partial charge in [-0.1, -0.05) is 30.3 Å². The molecule has 2 rings (SSSR count). The van der Waals surface area contributed by atoms with Crippen LogP contribution in [0, 0.1) is 0 Å². The number of alkyl halides is 3. The van der Waals surface area contributed by atoms with E-state index in [0.717, 1.165) is 0 Å². The van der Waals surface area contributed by atoms with Gasteiger partial charge in [-0.3, -0.25) is 0 Å². The average molecular weight is 391 g/mol. The highest BCUT2D eigenvalue weighted by atomic mass is 19.4. The quantitative estimate of drug-likeness (QED) is 0.742. The van der Waals surface area contributed by atoms with Crippen molar-refractivity contribution in [1.82, 2.24) is 5.32 Å². The minimum atomic E-state index is -5.03. The summed E-state index contributed by atoms with van der Waals surface area (Å²) >= 11 is 0. The summed E-state index contributed by atoms with van der Waals surface area (Å²) in [6, 6.07) is 6.03. The number of carbonyl (C=O) groups is 2. The smallest absolute Gasteiger partial charge is 0.417 e. The van der Waals surface area contributed by atoms with Crippen LogP contribution >= 0.6 is 0 Å². The molecular formula is C17H20F3NO6. The molecule has 1 amide bonds. The normalized spacial score (nSPS) is 19.7. The number of carboxylic acids is 1. The van der Waals surface area contributed by atoms with Gasteiger partial charge < -0.3 is 24.6 Å². The van der Waals surface area contributed by atoms with Crippen LogP contribution in [0.5, 0.6) is 0 Å². The third kappa shape index (κ3) is 6.72. The molecule has 1 aromatic carbocycles. The summed E-state index contributed by atoms with van der Waals surface area (Å²) in [6.45, 7) is 0.00180. The molecule has 27 heavy (non-hydrogen) atoms. The third-order valence-corrected chi connectivity index (χ3v) is 3.81. The Morgan fingerprint density at radius 1 is 1.26 bits per heavy atom. The van der Waals surface area contributed by atoms with Crippen molar-refractivity contribution in [3.8, 4) is 0 Å². The number of benzene rings is 1. The zero-order valence-electron chi connectivity index (χ0n) is 14.3. The molecule has 150 valence electrons. The van der Waals surface area contributed by atoms with Gasteiger partial charge in [-0.2, -0.15) is 13.2 Å². The van der Waals surface area contributed by atoms with Crippen LogP contribution in [0.4, 0.5) is 18.0 Å². The van der Waals surface area contributed by atoms with Crippen molar-refractivity contribution in [3.63, 3.8) is 0 Å². The zero-order chi connectivity index (χ0) is 19.9. The maximum atomic E-state index is 13.4. The summed E-state index contributed by atoms with van der Waals surface area (Å²) in [6.07, 6.45) is -8.80. The van der Waals surface area contributed by atoms with E-state index in [1.54, 1.807) is 35.6 Å². The number of aliphatic carboxylic acids is 1. The summed E-state index contributed by atoms with van der Waals surface area (Å²) < 4.78 is 54.8. The monoisotopic (exact) mass is 391 g/mol. The fraction of sp³-hybridized carbons (Fsp3) is 0.529. The minimum Gasteiger partial charge on any atom is -0.480 e. The first-order chi connectivity index (χ1) is 12.8. The van der Waals surface area contributed by atoms with Crippen molar-refractivity contribution < 1.29 is 42.1 Å². The Morgan fingerprint density at radius 3 is 2.52 bits per heavy atom. The molecule has 3 atom stereocenters. The number of hydrogen-bond donors (Lipinski definition) is 2. The van der Waals surface area contributed by atoms with Crippen molar-refractivity contribution in [2.75, 3.05) is 6.61 Å². The minimum absolute atomic E-state index is 0.206. The maximum Gasteiger partial charge on any atom is 0.417 e. The molecule has 0 bridgehead atoms. The first-order valence-electron chi connectivity index (χ1n) is 8.31. The number of carbonyl (C=O) groups excluding carboxylic acids is 1. The van der Waals surface area contributed by atoms with Crippen LogP contribution in [0.25, 0.3) is 0 Å². The van der Waals surface area contributed by atoms with Crippen LogP contribution in [-0.2, 0) is 25.6 Å². The highest BCUT2D eigenvalue weighted by Crippen LogP contribution is 2.29. The van der Waals surface area contributed by atoms with Crippen molar-refractivity contribution in [2.45, 2.75) is 50.5 Å². The Morgan fingerprint density at radius 2 is 1.96 bits per heavy atom. The van der Waals surface area contributed by atoms with Crippen LogP contribution in [0.15, 0.2) is 30.3 Å². The molecule has 1 heterocycles. The SMILES string of the molecule is O=C(NC(C(=O)O)C(OC1CCCCO1)C(F)(F)F)OCc1ccccc1. The fourth-order valence-electron chi connectivity index (χ4n) is 2.49. The van der Waals surface area contributed by atoms with Gasteiger partial charge in [-0.25, -0.2) is 9.59 Å². The molecule has 0 saturated carbocycles. The van der Waals surface area contributed by atoms with Crippen LogP contribution in [0.1, 0.15) is 24.8 Å². The van der Waals surface area contributed by atoms with Gasteiger partial charge in [0.25, 0.3) is 0 Å². The van der Waals surface area contributed by atoms with Gasteiger partial charge in [0.1, 0.15) is 6.61 Å². The number of carboxylic acid groups (broad SMARTS) is 1. The lowest BCUT2D eigenvalue weighted by molar-refractivity contribution is -0.284. The van der Waals surface area contributed by atoms with E-state index in [1.807, 2.05) is 0 Å². The van der Waals surface area contributed by atoms with E-state index in [2.05, 4.69) is 0 Å². The van der Waals surface area contributed by atoms with E-state index in [-0.39, 0.29) is 19.6 Å². The lowest BCUT2D eigenvalue weighted by atomic mass is 10.1. The highest BCUT2D eigenvalue weighted by molar-refractivity contribution is 5.80. The van der Waals surface area contributed by atoms with Gasteiger partial charge in [0.05, 0.1) is 0 Å². The highest BCUT2D eigenvalue weighted by Gasteiger charge is 2.51. The van der Waals surface area contributed by atoms with Crippen LogP contribution < -0.4 is 5.32 Å². The number of ether oxygens (including phenoxy) is 3. The van der Waals surface area contributed by atoms with E-state index in [9.17, 15) is 27.9 Å². The van der Waals surface area contributed by atoms with Gasteiger partial charge in [0.2, 0.25) is 0 Å². The van der Waals surface area contributed by atoms with Crippen molar-refractivity contribution in [3.05, 3.63) is 35.9 Å². The second-order valence-electron chi connectivity index (χ2n) is 5.92. The van der Waals surface area contributed by atoms with Crippen LogP contribution in [0.2, 0.25) is 0 Å². The first kappa shape index (κ1) is 21.0. The summed E-state index contributed by atoms with van der Waals surface area (Å²) in [7, 11) is 0. The van der Waals surface area contributed by atoms with Crippen molar-refractivity contribution in [2.24, 2.45) is 0 Å². The van der Waals surface area contributed by atoms with E-state index < -0.39 is 36.7 Å². The Balaban J connectivity index is 2.02. The Kier molecular flexibility index (Phi) is 7.43. The van der Waals surface area contributed by atoms with Crippen LogP contribution in [-0.4, -0.2) is 48.4 Å². The Bertz CT molecular complexity index is 619.